The Balaban J connectivity index is 0.000000135. The average Bonchev–Trinajstić information content (AvgIpc) is 1.54. The smallest absolute Gasteiger partial charge is 0.101 e. The fourth-order valence-corrected chi connectivity index (χ4v) is 16.3. The lowest BCUT2D eigenvalue weighted by molar-refractivity contribution is 0.760. The first-order valence-electron chi connectivity index (χ1n) is 29.5. The van der Waals surface area contributed by atoms with Crippen molar-refractivity contribution < 1.29 is 0 Å². The van der Waals surface area contributed by atoms with Gasteiger partial charge in [0.15, 0.2) is 0 Å². The molecule has 0 radical (unpaired) electrons. The Morgan fingerprint density at radius 3 is 0.988 bits per heavy atom. The van der Waals surface area contributed by atoms with Crippen LogP contribution in [0.4, 0.5) is 0 Å². The Morgan fingerprint density at radius 2 is 0.593 bits per heavy atom. The zero-order valence-electron chi connectivity index (χ0n) is 46.6. The van der Waals surface area contributed by atoms with Crippen LogP contribution in [0.5, 0.6) is 0 Å². The minimum absolute atomic E-state index is 0.425. The molecule has 2 aromatic heterocycles. The standard InChI is InChI=1S/C41H25N3.C39H25Cl2N/c42-24-28-21-27-18-17-26-19-20-30(44-39-15-7-3-11-33(39)34-12-4-8-16-40(34)44)23-38(26)41(37(27)22-29(28)25-43)35-13-5-1-9-31(35)32-10-2-6-14-36(32)41;40-35-21-25-18-17-24-19-20-26(42-37-15-7-3-11-29(37)30-12-4-8-16-38(30)42)22-33(24)39(34(25)23-36(35)41)31-13-5-1-9-27(31)28-10-2-6-14-32(28)39/h1-16,19-23H,17-18H2;1-16,19-23H,17-18H2. The van der Waals surface area contributed by atoms with Crippen molar-refractivity contribution in [2.45, 2.75) is 36.5 Å². The number of hydrogen-bond donors (Lipinski definition) is 0. The summed E-state index contributed by atoms with van der Waals surface area (Å²) in [6, 6.07) is 96.8. The molecular formula is C80H50Cl2N4. The maximum atomic E-state index is 10.2. The van der Waals surface area contributed by atoms with Crippen molar-refractivity contribution in [3.05, 3.63) is 343 Å². The van der Waals surface area contributed by atoms with Crippen LogP contribution in [0.3, 0.4) is 0 Å². The van der Waals surface area contributed by atoms with Crippen LogP contribution in [-0.2, 0) is 36.5 Å². The van der Waals surface area contributed by atoms with Gasteiger partial charge in [-0.1, -0.05) is 205 Å². The van der Waals surface area contributed by atoms with Crippen LogP contribution in [0.2, 0.25) is 10.0 Å². The Kier molecular flexibility index (Phi) is 11.2. The van der Waals surface area contributed by atoms with Crippen molar-refractivity contribution >= 4 is 66.8 Å². The molecule has 12 aromatic carbocycles. The molecule has 6 heteroatoms. The molecule has 4 nitrogen and oxygen atoms in total. The van der Waals surface area contributed by atoms with Gasteiger partial charge in [-0.2, -0.15) is 10.5 Å². The van der Waals surface area contributed by atoms with E-state index in [-0.39, 0.29) is 0 Å². The summed E-state index contributed by atoms with van der Waals surface area (Å²) in [5, 5.41) is 26.4. The SMILES string of the molecule is Clc1cc2c(cc1Cl)C1(c3cc(-n4c5ccccc5c5ccccc54)ccc3CC2)c2ccccc2-c2ccccc21.N#Cc1cc2c(cc1C#N)C1(c3cc(-n4c5ccccc5c5ccccc54)ccc3CC2)c2ccccc2-c2ccccc21. The molecule has 0 N–H and O–H groups in total. The summed E-state index contributed by atoms with van der Waals surface area (Å²) in [6.45, 7) is 0. The third-order valence-electron chi connectivity index (χ3n) is 19.3. The minimum Gasteiger partial charge on any atom is -0.309 e. The molecule has 4 aliphatic rings. The molecule has 18 rings (SSSR count). The second kappa shape index (κ2) is 19.2. The summed E-state index contributed by atoms with van der Waals surface area (Å²) in [6.07, 6.45) is 3.47. The van der Waals surface area contributed by atoms with E-state index in [1.54, 1.807) is 0 Å². The van der Waals surface area contributed by atoms with Gasteiger partial charge in [0.2, 0.25) is 0 Å². The minimum atomic E-state index is -0.636. The molecule has 0 fully saturated rings. The van der Waals surface area contributed by atoms with Gasteiger partial charge in [-0.15, -0.1) is 0 Å². The molecule has 2 spiro atoms. The summed E-state index contributed by atoms with van der Waals surface area (Å²) in [4.78, 5) is 0. The number of fused-ring (bicyclic) bond motifs is 24. The molecule has 14 aromatic rings. The van der Waals surface area contributed by atoms with Crippen LogP contribution in [-0.4, -0.2) is 9.13 Å². The number of hydrogen-bond acceptors (Lipinski definition) is 2. The fraction of sp³-hybridized carbons (Fsp3) is 0.0750. The van der Waals surface area contributed by atoms with E-state index in [1.807, 2.05) is 12.1 Å². The summed E-state index contributed by atoms with van der Waals surface area (Å²) in [5.41, 5.74) is 26.7. The van der Waals surface area contributed by atoms with E-state index in [2.05, 4.69) is 264 Å². The molecule has 0 amide bonds. The van der Waals surface area contributed by atoms with Gasteiger partial charge < -0.3 is 9.13 Å². The Bertz CT molecular complexity index is 5130. The van der Waals surface area contributed by atoms with Crippen LogP contribution in [0.15, 0.2) is 255 Å². The lowest BCUT2D eigenvalue weighted by Gasteiger charge is -2.36. The monoisotopic (exact) mass is 1140 g/mol. The topological polar surface area (TPSA) is 57.4 Å². The summed E-state index contributed by atoms with van der Waals surface area (Å²) >= 11 is 13.5. The van der Waals surface area contributed by atoms with Gasteiger partial charge in [0.05, 0.1) is 54.1 Å². The van der Waals surface area contributed by atoms with Gasteiger partial charge in [0.25, 0.3) is 0 Å². The van der Waals surface area contributed by atoms with Crippen molar-refractivity contribution in [1.82, 2.24) is 9.13 Å². The zero-order valence-corrected chi connectivity index (χ0v) is 48.1. The van der Waals surface area contributed by atoms with E-state index in [1.165, 1.54) is 122 Å². The number of nitriles is 2. The number of nitrogens with zero attached hydrogens (tertiary/aromatic N) is 4. The van der Waals surface area contributed by atoms with Gasteiger partial charge in [-0.3, -0.25) is 0 Å². The molecule has 0 bridgehead atoms. The third kappa shape index (κ3) is 6.92. The van der Waals surface area contributed by atoms with Crippen molar-refractivity contribution in [1.29, 1.82) is 10.5 Å². The molecule has 404 valence electrons. The Hall–Kier alpha value is -10.2. The van der Waals surface area contributed by atoms with Crippen molar-refractivity contribution in [2.24, 2.45) is 0 Å². The van der Waals surface area contributed by atoms with Crippen LogP contribution in [0.1, 0.15) is 77.9 Å². The second-order valence-corrected chi connectivity index (χ2v) is 24.1. The van der Waals surface area contributed by atoms with Crippen LogP contribution < -0.4 is 0 Å². The highest BCUT2D eigenvalue weighted by atomic mass is 35.5. The highest BCUT2D eigenvalue weighted by Gasteiger charge is 2.51. The second-order valence-electron chi connectivity index (χ2n) is 23.3. The molecule has 0 saturated heterocycles. The first kappa shape index (κ1) is 50.3. The van der Waals surface area contributed by atoms with E-state index in [0.717, 1.165) is 48.2 Å². The summed E-state index contributed by atoms with van der Waals surface area (Å²) in [7, 11) is 0. The maximum Gasteiger partial charge on any atom is 0.101 e. The van der Waals surface area contributed by atoms with Gasteiger partial charge >= 0.3 is 0 Å². The zero-order chi connectivity index (χ0) is 57.4. The molecule has 0 unspecified atom stereocenters. The first-order chi connectivity index (χ1) is 42.4. The van der Waals surface area contributed by atoms with Gasteiger partial charge in [-0.25, -0.2) is 0 Å². The van der Waals surface area contributed by atoms with E-state index in [9.17, 15) is 10.5 Å². The Morgan fingerprint density at radius 1 is 0.291 bits per heavy atom. The number of para-hydroxylation sites is 4. The molecule has 86 heavy (non-hydrogen) atoms. The number of aryl methyl sites for hydroxylation is 4. The van der Waals surface area contributed by atoms with Gasteiger partial charge in [0, 0.05) is 32.9 Å². The number of rotatable bonds is 2. The predicted octanol–water partition coefficient (Wildman–Crippen LogP) is 19.5. The predicted molar refractivity (Wildman–Crippen MR) is 350 cm³/mol. The molecule has 2 heterocycles. The first-order valence-corrected chi connectivity index (χ1v) is 30.2. The normalized spacial score (nSPS) is 14.1. The lowest BCUT2D eigenvalue weighted by atomic mass is 9.65. The largest absolute Gasteiger partial charge is 0.309 e. The van der Waals surface area contributed by atoms with Crippen LogP contribution in [0.25, 0.3) is 77.2 Å². The molecule has 0 aliphatic heterocycles. The number of aromatic nitrogens is 2. The highest BCUT2D eigenvalue weighted by Crippen LogP contribution is 2.61. The molecule has 4 aliphatic carbocycles. The number of halogens is 2. The third-order valence-corrected chi connectivity index (χ3v) is 20.1. The quantitative estimate of drug-likeness (QED) is 0.173. The maximum absolute atomic E-state index is 10.2. The Labute approximate surface area is 508 Å². The van der Waals surface area contributed by atoms with Gasteiger partial charge in [-0.05, 0) is 187 Å². The van der Waals surface area contributed by atoms with E-state index in [4.69, 9.17) is 23.2 Å². The molecule has 0 atom stereocenters. The average molecular weight is 1140 g/mol. The van der Waals surface area contributed by atoms with E-state index >= 15 is 0 Å². The van der Waals surface area contributed by atoms with Crippen LogP contribution >= 0.6 is 23.2 Å². The van der Waals surface area contributed by atoms with Crippen LogP contribution in [0, 0.1) is 22.7 Å². The van der Waals surface area contributed by atoms with E-state index < -0.39 is 10.8 Å². The fourth-order valence-electron chi connectivity index (χ4n) is 15.9. The van der Waals surface area contributed by atoms with E-state index in [0.29, 0.717) is 21.2 Å². The summed E-state index contributed by atoms with van der Waals surface area (Å²) < 4.78 is 4.81. The van der Waals surface area contributed by atoms with Crippen molar-refractivity contribution in [2.75, 3.05) is 0 Å². The molecular weight excluding hydrogens is 1090 g/mol. The molecule has 0 saturated carbocycles. The van der Waals surface area contributed by atoms with Crippen molar-refractivity contribution in [3.63, 3.8) is 0 Å². The number of benzene rings is 12. The van der Waals surface area contributed by atoms with Crippen molar-refractivity contribution in [3.8, 4) is 45.8 Å². The van der Waals surface area contributed by atoms with Gasteiger partial charge in [0.1, 0.15) is 12.1 Å². The summed E-state index contributed by atoms with van der Waals surface area (Å²) in [5.74, 6) is 0. The highest BCUT2D eigenvalue weighted by molar-refractivity contribution is 6.42. The lowest BCUT2D eigenvalue weighted by Crippen LogP contribution is -2.30.